The lowest BCUT2D eigenvalue weighted by molar-refractivity contribution is 0.0314. The molecular formula is C14H28. The minimum absolute atomic E-state index is 0.426. The van der Waals surface area contributed by atoms with E-state index in [9.17, 15) is 0 Å². The van der Waals surface area contributed by atoms with Gasteiger partial charge < -0.3 is 0 Å². The first-order chi connectivity index (χ1) is 6.27. The minimum Gasteiger partial charge on any atom is -0.0617 e. The van der Waals surface area contributed by atoms with Gasteiger partial charge in [0.1, 0.15) is 0 Å². The smallest absolute Gasteiger partial charge is 0.0277 e. The summed E-state index contributed by atoms with van der Waals surface area (Å²) in [7, 11) is 0. The monoisotopic (exact) mass is 196 g/mol. The zero-order valence-corrected chi connectivity index (χ0v) is 11.0. The molecule has 0 saturated heterocycles. The van der Waals surface area contributed by atoms with Crippen LogP contribution in [0.15, 0.2) is 0 Å². The van der Waals surface area contributed by atoms with Crippen molar-refractivity contribution >= 4 is 0 Å². The Labute approximate surface area is 90.5 Å². The van der Waals surface area contributed by atoms with Gasteiger partial charge in [0.05, 0.1) is 0 Å². The van der Waals surface area contributed by atoms with Gasteiger partial charge in [-0.25, -0.2) is 0 Å². The first-order valence-electron chi connectivity index (χ1n) is 6.27. The molecule has 0 aromatic carbocycles. The van der Waals surface area contributed by atoms with Gasteiger partial charge in [0.15, 0.2) is 0 Å². The molecule has 1 fully saturated rings. The molecule has 1 saturated carbocycles. The molecule has 0 aromatic heterocycles. The summed E-state index contributed by atoms with van der Waals surface area (Å²) in [4.78, 5) is 0. The van der Waals surface area contributed by atoms with Crippen molar-refractivity contribution in [2.75, 3.05) is 0 Å². The van der Waals surface area contributed by atoms with Crippen LogP contribution < -0.4 is 0 Å². The van der Waals surface area contributed by atoms with Gasteiger partial charge in [0.25, 0.3) is 0 Å². The zero-order valence-electron chi connectivity index (χ0n) is 11.0. The molecular weight excluding hydrogens is 168 g/mol. The molecule has 1 atom stereocenters. The van der Waals surface area contributed by atoms with Gasteiger partial charge in [-0.2, -0.15) is 0 Å². The summed E-state index contributed by atoms with van der Waals surface area (Å²) < 4.78 is 0. The maximum absolute atomic E-state index is 2.47. The van der Waals surface area contributed by atoms with Crippen LogP contribution in [0.4, 0.5) is 0 Å². The predicted octanol–water partition coefficient (Wildman–Crippen LogP) is 4.89. The van der Waals surface area contributed by atoms with E-state index in [1.165, 1.54) is 25.7 Å². The normalized spacial score (nSPS) is 22.7. The third-order valence-corrected chi connectivity index (χ3v) is 5.18. The molecule has 0 radical (unpaired) electrons. The molecule has 1 aliphatic rings. The van der Waals surface area contributed by atoms with Crippen LogP contribution in [0.3, 0.4) is 0 Å². The largest absolute Gasteiger partial charge is 0.0617 e. The van der Waals surface area contributed by atoms with E-state index in [-0.39, 0.29) is 0 Å². The second-order valence-corrected chi connectivity index (χ2v) is 6.80. The quantitative estimate of drug-likeness (QED) is 0.590. The molecule has 84 valence electrons. The molecule has 0 nitrogen and oxygen atoms in total. The number of hydrogen-bond acceptors (Lipinski definition) is 0. The fourth-order valence-corrected chi connectivity index (χ4v) is 2.73. The molecule has 0 N–H and O–H groups in total. The van der Waals surface area contributed by atoms with Crippen LogP contribution in [0.2, 0.25) is 0 Å². The maximum atomic E-state index is 2.47. The van der Waals surface area contributed by atoms with Crippen LogP contribution >= 0.6 is 0 Å². The van der Waals surface area contributed by atoms with Gasteiger partial charge >= 0.3 is 0 Å². The standard InChI is InChI=1S/C14H28/c1-11(12-9-7-8-10-12)14(5,6)13(2,3)4/h11-12H,7-10H2,1-6H3. The van der Waals surface area contributed by atoms with Crippen molar-refractivity contribution in [3.63, 3.8) is 0 Å². The lowest BCUT2D eigenvalue weighted by Crippen LogP contribution is -2.38. The Morgan fingerprint density at radius 3 is 1.71 bits per heavy atom. The lowest BCUT2D eigenvalue weighted by atomic mass is 9.59. The molecule has 0 bridgehead atoms. The highest BCUT2D eigenvalue weighted by atomic mass is 14.5. The summed E-state index contributed by atoms with van der Waals surface area (Å²) >= 11 is 0. The molecule has 0 amide bonds. The average molecular weight is 196 g/mol. The van der Waals surface area contributed by atoms with Gasteiger partial charge in [0, 0.05) is 0 Å². The van der Waals surface area contributed by atoms with Crippen molar-refractivity contribution in [2.45, 2.75) is 67.2 Å². The van der Waals surface area contributed by atoms with E-state index in [4.69, 9.17) is 0 Å². The lowest BCUT2D eigenvalue weighted by Gasteiger charge is -2.46. The maximum Gasteiger partial charge on any atom is -0.0277 e. The third-order valence-electron chi connectivity index (χ3n) is 5.18. The minimum atomic E-state index is 0.426. The molecule has 0 aromatic rings. The van der Waals surface area contributed by atoms with Crippen LogP contribution in [-0.4, -0.2) is 0 Å². The van der Waals surface area contributed by atoms with E-state index in [1.54, 1.807) is 0 Å². The summed E-state index contributed by atoms with van der Waals surface area (Å²) in [6, 6.07) is 0. The van der Waals surface area contributed by atoms with E-state index in [0.29, 0.717) is 10.8 Å². The second kappa shape index (κ2) is 3.87. The van der Waals surface area contributed by atoms with Crippen LogP contribution in [-0.2, 0) is 0 Å². The van der Waals surface area contributed by atoms with Crippen molar-refractivity contribution in [1.29, 1.82) is 0 Å². The second-order valence-electron chi connectivity index (χ2n) is 6.80. The SMILES string of the molecule is CC(C1CCCC1)C(C)(C)C(C)(C)C. The Hall–Kier alpha value is 0. The van der Waals surface area contributed by atoms with Gasteiger partial charge in [-0.3, -0.25) is 0 Å². The van der Waals surface area contributed by atoms with Crippen LogP contribution in [0, 0.1) is 22.7 Å². The first-order valence-corrected chi connectivity index (χ1v) is 6.27. The van der Waals surface area contributed by atoms with Crippen molar-refractivity contribution in [2.24, 2.45) is 22.7 Å². The molecule has 1 rings (SSSR count). The Morgan fingerprint density at radius 2 is 1.36 bits per heavy atom. The number of rotatable bonds is 2. The molecule has 1 aliphatic carbocycles. The number of hydrogen-bond donors (Lipinski definition) is 0. The van der Waals surface area contributed by atoms with Gasteiger partial charge in [-0.05, 0) is 22.7 Å². The van der Waals surface area contributed by atoms with Crippen molar-refractivity contribution in [1.82, 2.24) is 0 Å². The van der Waals surface area contributed by atoms with Gasteiger partial charge in [0.2, 0.25) is 0 Å². The van der Waals surface area contributed by atoms with Gasteiger partial charge in [-0.1, -0.05) is 67.2 Å². The van der Waals surface area contributed by atoms with Crippen molar-refractivity contribution < 1.29 is 0 Å². The van der Waals surface area contributed by atoms with E-state index in [1.807, 2.05) is 0 Å². The third kappa shape index (κ3) is 2.15. The van der Waals surface area contributed by atoms with Crippen LogP contribution in [0.25, 0.3) is 0 Å². The fraction of sp³-hybridized carbons (Fsp3) is 1.00. The molecule has 0 heteroatoms. The Morgan fingerprint density at radius 1 is 0.929 bits per heavy atom. The van der Waals surface area contributed by atoms with E-state index >= 15 is 0 Å². The van der Waals surface area contributed by atoms with Crippen LogP contribution in [0.5, 0.6) is 0 Å². The molecule has 1 unspecified atom stereocenters. The Bertz CT molecular complexity index is 177. The average Bonchev–Trinajstić information content (AvgIpc) is 2.52. The van der Waals surface area contributed by atoms with Gasteiger partial charge in [-0.15, -0.1) is 0 Å². The van der Waals surface area contributed by atoms with E-state index < -0.39 is 0 Å². The molecule has 0 heterocycles. The summed E-state index contributed by atoms with van der Waals surface area (Å²) in [6.45, 7) is 14.5. The van der Waals surface area contributed by atoms with Crippen molar-refractivity contribution in [3.05, 3.63) is 0 Å². The summed E-state index contributed by atoms with van der Waals surface area (Å²) in [5.74, 6) is 1.86. The Kier molecular flexibility index (Phi) is 3.33. The van der Waals surface area contributed by atoms with Crippen molar-refractivity contribution in [3.8, 4) is 0 Å². The van der Waals surface area contributed by atoms with E-state index in [2.05, 4.69) is 41.5 Å². The fourth-order valence-electron chi connectivity index (χ4n) is 2.73. The summed E-state index contributed by atoms with van der Waals surface area (Å²) in [5.41, 5.74) is 0.886. The van der Waals surface area contributed by atoms with Crippen LogP contribution in [0.1, 0.15) is 67.2 Å². The molecule has 14 heavy (non-hydrogen) atoms. The predicted molar refractivity (Wildman–Crippen MR) is 64.4 cm³/mol. The zero-order chi connectivity index (χ0) is 11.0. The molecule has 0 spiro atoms. The first kappa shape index (κ1) is 12.1. The summed E-state index contributed by atoms with van der Waals surface area (Å²) in [6.07, 6.45) is 5.88. The highest BCUT2D eigenvalue weighted by Gasteiger charge is 2.41. The Balaban J connectivity index is 2.70. The topological polar surface area (TPSA) is 0 Å². The highest BCUT2D eigenvalue weighted by molar-refractivity contribution is 4.90. The van der Waals surface area contributed by atoms with E-state index in [0.717, 1.165) is 11.8 Å². The highest BCUT2D eigenvalue weighted by Crippen LogP contribution is 2.49. The molecule has 0 aliphatic heterocycles. The summed E-state index contributed by atoms with van der Waals surface area (Å²) in [5, 5.41) is 0.